The molecule has 0 unspecified atom stereocenters. The van der Waals surface area contributed by atoms with E-state index in [4.69, 9.17) is 5.26 Å². The lowest BCUT2D eigenvalue weighted by Crippen LogP contribution is -2.37. The van der Waals surface area contributed by atoms with Crippen LogP contribution < -0.4 is 5.32 Å². The fraction of sp³-hybridized carbons (Fsp3) is 0.909. The second-order valence-corrected chi connectivity index (χ2v) is 5.04. The number of unbranched alkanes of at least 4 members (excludes halogenated alkanes) is 2. The van der Waals surface area contributed by atoms with Crippen molar-refractivity contribution in [3.63, 3.8) is 0 Å². The van der Waals surface area contributed by atoms with Crippen LogP contribution in [0.5, 0.6) is 0 Å². The van der Waals surface area contributed by atoms with E-state index in [2.05, 4.69) is 28.0 Å². The summed E-state index contributed by atoms with van der Waals surface area (Å²) in [5.74, 6) is 2.59. The van der Waals surface area contributed by atoms with Crippen molar-refractivity contribution < 1.29 is 0 Å². The molecule has 4 heteroatoms. The minimum Gasteiger partial charge on any atom is -0.315 e. The van der Waals surface area contributed by atoms with E-state index >= 15 is 0 Å². The molecule has 0 radical (unpaired) electrons. The predicted octanol–water partition coefficient (Wildman–Crippen LogP) is 1.32. The number of hydrogen-bond acceptors (Lipinski definition) is 4. The van der Waals surface area contributed by atoms with Gasteiger partial charge in [-0.1, -0.05) is 0 Å². The number of rotatable bonds is 7. The molecule has 1 rings (SSSR count). The maximum absolute atomic E-state index is 8.36. The number of nitrogens with zero attached hydrogens (tertiary/aromatic N) is 2. The smallest absolute Gasteiger partial charge is 0.0621 e. The summed E-state index contributed by atoms with van der Waals surface area (Å²) in [6.45, 7) is 5.84. The number of hydrogen-bond donors (Lipinski definition) is 1. The summed E-state index contributed by atoms with van der Waals surface area (Å²) in [5.41, 5.74) is 0. The van der Waals surface area contributed by atoms with Gasteiger partial charge in [0.2, 0.25) is 0 Å². The summed E-state index contributed by atoms with van der Waals surface area (Å²) in [6.07, 6.45) is 2.86. The van der Waals surface area contributed by atoms with Gasteiger partial charge in [-0.3, -0.25) is 0 Å². The van der Waals surface area contributed by atoms with Crippen LogP contribution in [0, 0.1) is 11.3 Å². The Bertz CT molecular complexity index is 185. The first-order valence-electron chi connectivity index (χ1n) is 5.81. The van der Waals surface area contributed by atoms with Crippen LogP contribution in [0.2, 0.25) is 0 Å². The van der Waals surface area contributed by atoms with Crippen molar-refractivity contribution in [1.29, 1.82) is 5.26 Å². The van der Waals surface area contributed by atoms with Crippen LogP contribution in [0.4, 0.5) is 0 Å². The predicted molar refractivity (Wildman–Crippen MR) is 66.1 cm³/mol. The highest BCUT2D eigenvalue weighted by atomic mass is 32.2. The van der Waals surface area contributed by atoms with Gasteiger partial charge < -0.3 is 10.2 Å². The van der Waals surface area contributed by atoms with Crippen molar-refractivity contribution in [2.75, 3.05) is 44.2 Å². The van der Waals surface area contributed by atoms with Gasteiger partial charge in [-0.2, -0.15) is 17.0 Å². The maximum Gasteiger partial charge on any atom is 0.0621 e. The van der Waals surface area contributed by atoms with Crippen molar-refractivity contribution >= 4 is 11.8 Å². The standard InChI is InChI=1S/C11H21N3S/c12-4-2-1-3-5-13-6-7-14-8-10-15-11-9-14/h13H,1-3,5-11H2. The van der Waals surface area contributed by atoms with Crippen molar-refractivity contribution in [3.8, 4) is 6.07 Å². The van der Waals surface area contributed by atoms with Gasteiger partial charge in [0.25, 0.3) is 0 Å². The second-order valence-electron chi connectivity index (χ2n) is 3.82. The molecule has 3 nitrogen and oxygen atoms in total. The van der Waals surface area contributed by atoms with Gasteiger partial charge in [0.1, 0.15) is 0 Å². The zero-order chi connectivity index (χ0) is 10.8. The highest BCUT2D eigenvalue weighted by molar-refractivity contribution is 7.99. The van der Waals surface area contributed by atoms with Crippen molar-refractivity contribution in [3.05, 3.63) is 0 Å². The molecule has 1 aliphatic heterocycles. The molecule has 1 aliphatic rings. The molecule has 1 heterocycles. The van der Waals surface area contributed by atoms with Crippen LogP contribution >= 0.6 is 11.8 Å². The number of nitrogens with one attached hydrogen (secondary N) is 1. The van der Waals surface area contributed by atoms with E-state index in [0.29, 0.717) is 6.42 Å². The lowest BCUT2D eigenvalue weighted by atomic mass is 10.2. The molecule has 0 amide bonds. The van der Waals surface area contributed by atoms with E-state index in [9.17, 15) is 0 Å². The maximum atomic E-state index is 8.36. The summed E-state index contributed by atoms with van der Waals surface area (Å²) in [7, 11) is 0. The van der Waals surface area contributed by atoms with E-state index < -0.39 is 0 Å². The van der Waals surface area contributed by atoms with E-state index in [1.54, 1.807) is 0 Å². The molecule has 0 atom stereocenters. The largest absolute Gasteiger partial charge is 0.315 e. The molecule has 0 saturated carbocycles. The molecule has 0 aromatic rings. The average Bonchev–Trinajstić information content (AvgIpc) is 2.29. The van der Waals surface area contributed by atoms with Gasteiger partial charge in [0.15, 0.2) is 0 Å². The Morgan fingerprint density at radius 2 is 2.00 bits per heavy atom. The lowest BCUT2D eigenvalue weighted by molar-refractivity contribution is 0.301. The van der Waals surface area contributed by atoms with Crippen LogP contribution in [0.3, 0.4) is 0 Å². The van der Waals surface area contributed by atoms with E-state index in [1.807, 2.05) is 0 Å². The molecule has 0 bridgehead atoms. The molecule has 1 fully saturated rings. The van der Waals surface area contributed by atoms with Crippen LogP contribution in [-0.2, 0) is 0 Å². The first-order valence-corrected chi connectivity index (χ1v) is 6.97. The third-order valence-electron chi connectivity index (χ3n) is 2.60. The molecule has 1 N–H and O–H groups in total. The third-order valence-corrected chi connectivity index (χ3v) is 3.54. The van der Waals surface area contributed by atoms with Crippen molar-refractivity contribution in [1.82, 2.24) is 10.2 Å². The molecular formula is C11H21N3S. The highest BCUT2D eigenvalue weighted by Crippen LogP contribution is 2.07. The molecule has 0 spiro atoms. The SMILES string of the molecule is N#CCCCCNCCN1CCSCC1. The molecule has 1 saturated heterocycles. The van der Waals surface area contributed by atoms with E-state index in [0.717, 1.165) is 25.9 Å². The quantitative estimate of drug-likeness (QED) is 0.666. The van der Waals surface area contributed by atoms with Gasteiger partial charge in [-0.25, -0.2) is 0 Å². The second kappa shape index (κ2) is 9.02. The Balaban J connectivity index is 1.82. The molecular weight excluding hydrogens is 206 g/mol. The molecule has 0 aromatic heterocycles. The van der Waals surface area contributed by atoms with Crippen LogP contribution in [0.1, 0.15) is 19.3 Å². The zero-order valence-electron chi connectivity index (χ0n) is 9.37. The average molecular weight is 227 g/mol. The first kappa shape index (κ1) is 12.8. The summed E-state index contributed by atoms with van der Waals surface area (Å²) >= 11 is 2.06. The minimum absolute atomic E-state index is 0.699. The summed E-state index contributed by atoms with van der Waals surface area (Å²) in [4.78, 5) is 2.53. The fourth-order valence-electron chi connectivity index (χ4n) is 1.64. The normalized spacial score (nSPS) is 17.5. The van der Waals surface area contributed by atoms with Gasteiger partial charge in [-0.15, -0.1) is 0 Å². The summed E-state index contributed by atoms with van der Waals surface area (Å²) in [6, 6.07) is 2.17. The number of thioether (sulfide) groups is 1. The molecule has 0 aliphatic carbocycles. The Hall–Kier alpha value is -0.240. The highest BCUT2D eigenvalue weighted by Gasteiger charge is 2.08. The van der Waals surface area contributed by atoms with Gasteiger partial charge >= 0.3 is 0 Å². The first-order chi connectivity index (χ1) is 7.43. The van der Waals surface area contributed by atoms with Crippen LogP contribution in [-0.4, -0.2) is 49.1 Å². The Morgan fingerprint density at radius 1 is 1.20 bits per heavy atom. The third kappa shape index (κ3) is 6.77. The lowest BCUT2D eigenvalue weighted by Gasteiger charge is -2.26. The molecule has 0 aromatic carbocycles. The van der Waals surface area contributed by atoms with Gasteiger partial charge in [0.05, 0.1) is 6.07 Å². The Labute approximate surface area is 97.2 Å². The molecule has 86 valence electrons. The summed E-state index contributed by atoms with van der Waals surface area (Å²) in [5, 5.41) is 11.8. The van der Waals surface area contributed by atoms with Crippen LogP contribution in [0.25, 0.3) is 0 Å². The topological polar surface area (TPSA) is 39.1 Å². The monoisotopic (exact) mass is 227 g/mol. The van der Waals surface area contributed by atoms with Gasteiger partial charge in [0, 0.05) is 44.1 Å². The Kier molecular flexibility index (Phi) is 7.71. The van der Waals surface area contributed by atoms with E-state index in [1.165, 1.54) is 31.1 Å². The summed E-state index contributed by atoms with van der Waals surface area (Å²) < 4.78 is 0. The minimum atomic E-state index is 0.699. The Morgan fingerprint density at radius 3 is 2.73 bits per heavy atom. The van der Waals surface area contributed by atoms with Crippen molar-refractivity contribution in [2.45, 2.75) is 19.3 Å². The zero-order valence-corrected chi connectivity index (χ0v) is 10.2. The fourth-order valence-corrected chi connectivity index (χ4v) is 2.62. The molecule has 15 heavy (non-hydrogen) atoms. The number of nitriles is 1. The van der Waals surface area contributed by atoms with Crippen molar-refractivity contribution in [2.24, 2.45) is 0 Å². The van der Waals surface area contributed by atoms with Gasteiger partial charge in [-0.05, 0) is 19.4 Å². The van der Waals surface area contributed by atoms with Crippen LogP contribution in [0.15, 0.2) is 0 Å². The van der Waals surface area contributed by atoms with E-state index in [-0.39, 0.29) is 0 Å².